The summed E-state index contributed by atoms with van der Waals surface area (Å²) < 4.78 is 20.9. The lowest BCUT2D eigenvalue weighted by molar-refractivity contribution is -0.219. The number of hydrogen-bond acceptors (Lipinski definition) is 5. The summed E-state index contributed by atoms with van der Waals surface area (Å²) >= 11 is 0. The predicted octanol–water partition coefficient (Wildman–Crippen LogP) is 1.27. The quantitative estimate of drug-likeness (QED) is 0.212. The minimum absolute atomic E-state index is 0.193. The molecule has 0 spiro atoms. The Hall–Kier alpha value is -0.910. The lowest BCUT2D eigenvalue weighted by Gasteiger charge is -2.25. The van der Waals surface area contributed by atoms with Crippen molar-refractivity contribution in [3.8, 4) is 0 Å². The molecule has 0 radical (unpaired) electrons. The van der Waals surface area contributed by atoms with Crippen LogP contribution in [-0.2, 0) is 23.7 Å². The highest BCUT2D eigenvalue weighted by molar-refractivity contribution is 5.86. The van der Waals surface area contributed by atoms with E-state index in [2.05, 4.69) is 6.58 Å². The van der Waals surface area contributed by atoms with Crippen LogP contribution in [0.25, 0.3) is 0 Å². The van der Waals surface area contributed by atoms with Gasteiger partial charge in [-0.05, 0) is 20.8 Å². The molecule has 0 amide bonds. The molecular formula is C12H20O5. The second kappa shape index (κ2) is 6.14. The summed E-state index contributed by atoms with van der Waals surface area (Å²) in [7, 11) is 0. The summed E-state index contributed by atoms with van der Waals surface area (Å²) in [4.78, 5) is 11.1. The van der Waals surface area contributed by atoms with E-state index in [-0.39, 0.29) is 19.3 Å². The Morgan fingerprint density at radius 2 is 2.06 bits per heavy atom. The summed E-state index contributed by atoms with van der Waals surface area (Å²) in [5.41, 5.74) is 0.381. The first-order chi connectivity index (χ1) is 7.91. The van der Waals surface area contributed by atoms with Crippen LogP contribution in [0.2, 0.25) is 0 Å². The summed E-state index contributed by atoms with van der Waals surface area (Å²) in [5, 5.41) is 0. The Bertz CT molecular complexity index is 281. The van der Waals surface area contributed by atoms with Crippen LogP contribution in [0, 0.1) is 0 Å². The van der Waals surface area contributed by atoms with Crippen molar-refractivity contribution >= 4 is 5.97 Å². The fraction of sp³-hybridized carbons (Fsp3) is 0.750. The third-order valence-corrected chi connectivity index (χ3v) is 2.13. The molecule has 1 fully saturated rings. The van der Waals surface area contributed by atoms with Gasteiger partial charge in [0.1, 0.15) is 12.7 Å². The van der Waals surface area contributed by atoms with Crippen LogP contribution in [0.4, 0.5) is 0 Å². The van der Waals surface area contributed by atoms with Crippen LogP contribution in [0.15, 0.2) is 12.2 Å². The van der Waals surface area contributed by atoms with Gasteiger partial charge in [-0.3, -0.25) is 0 Å². The third kappa shape index (κ3) is 6.41. The third-order valence-electron chi connectivity index (χ3n) is 2.13. The van der Waals surface area contributed by atoms with Gasteiger partial charge in [0.2, 0.25) is 0 Å². The second-order valence-electron chi connectivity index (χ2n) is 4.43. The maximum atomic E-state index is 11.1. The van der Waals surface area contributed by atoms with Gasteiger partial charge in [0.15, 0.2) is 5.79 Å². The number of carbonyl (C=O) groups is 1. The molecule has 1 rings (SSSR count). The number of rotatable bonds is 8. The van der Waals surface area contributed by atoms with Crippen molar-refractivity contribution < 1.29 is 23.7 Å². The van der Waals surface area contributed by atoms with Crippen LogP contribution in [0.3, 0.4) is 0 Å². The van der Waals surface area contributed by atoms with Crippen LogP contribution < -0.4 is 0 Å². The maximum Gasteiger partial charge on any atom is 0.333 e. The van der Waals surface area contributed by atoms with E-state index in [0.29, 0.717) is 12.2 Å². The smallest absolute Gasteiger partial charge is 0.333 e. The van der Waals surface area contributed by atoms with E-state index in [1.165, 1.54) is 0 Å². The van der Waals surface area contributed by atoms with E-state index in [4.69, 9.17) is 18.9 Å². The molecule has 5 nitrogen and oxygen atoms in total. The van der Waals surface area contributed by atoms with Gasteiger partial charge >= 0.3 is 5.97 Å². The fourth-order valence-electron chi connectivity index (χ4n) is 1.04. The van der Waals surface area contributed by atoms with Crippen molar-refractivity contribution in [2.45, 2.75) is 32.7 Å². The van der Waals surface area contributed by atoms with E-state index in [0.717, 1.165) is 6.61 Å². The van der Waals surface area contributed by atoms with Gasteiger partial charge in [0.25, 0.3) is 0 Å². The maximum absolute atomic E-state index is 11.1. The molecular weight excluding hydrogens is 224 g/mol. The first kappa shape index (κ1) is 14.2. The normalized spacial score (nSPS) is 18.9. The van der Waals surface area contributed by atoms with E-state index in [1.807, 2.05) is 13.8 Å². The molecule has 0 aromatic heterocycles. The van der Waals surface area contributed by atoms with E-state index in [1.54, 1.807) is 6.92 Å². The van der Waals surface area contributed by atoms with Gasteiger partial charge < -0.3 is 18.9 Å². The molecule has 0 N–H and O–H groups in total. The average Bonchev–Trinajstić information content (AvgIpc) is 3.05. The highest BCUT2D eigenvalue weighted by Gasteiger charge is 2.27. The zero-order valence-corrected chi connectivity index (χ0v) is 10.7. The van der Waals surface area contributed by atoms with Crippen molar-refractivity contribution in [3.05, 3.63) is 12.2 Å². The monoisotopic (exact) mass is 244 g/mol. The Morgan fingerprint density at radius 3 is 2.59 bits per heavy atom. The van der Waals surface area contributed by atoms with Crippen molar-refractivity contribution in [2.24, 2.45) is 0 Å². The van der Waals surface area contributed by atoms with E-state index >= 15 is 0 Å². The van der Waals surface area contributed by atoms with Crippen LogP contribution in [0.1, 0.15) is 20.8 Å². The van der Waals surface area contributed by atoms with Crippen molar-refractivity contribution in [2.75, 3.05) is 26.4 Å². The van der Waals surface area contributed by atoms with Crippen LogP contribution in [-0.4, -0.2) is 44.3 Å². The second-order valence-corrected chi connectivity index (χ2v) is 4.43. The van der Waals surface area contributed by atoms with Gasteiger partial charge in [-0.15, -0.1) is 0 Å². The zero-order valence-electron chi connectivity index (χ0n) is 10.7. The molecule has 1 aliphatic heterocycles. The Kier molecular flexibility index (Phi) is 5.11. The molecule has 1 unspecified atom stereocenters. The molecule has 98 valence electrons. The topological polar surface area (TPSA) is 57.3 Å². The van der Waals surface area contributed by atoms with Gasteiger partial charge in [0.05, 0.1) is 19.8 Å². The minimum Gasteiger partial charge on any atom is -0.460 e. The Balaban J connectivity index is 2.06. The fourth-order valence-corrected chi connectivity index (χ4v) is 1.04. The van der Waals surface area contributed by atoms with E-state index < -0.39 is 11.8 Å². The van der Waals surface area contributed by atoms with Gasteiger partial charge in [-0.25, -0.2) is 4.79 Å². The molecule has 1 aliphatic rings. The molecule has 0 saturated carbocycles. The Labute approximate surface area is 102 Å². The first-order valence-electron chi connectivity index (χ1n) is 5.63. The average molecular weight is 244 g/mol. The highest BCUT2D eigenvalue weighted by Crippen LogP contribution is 2.16. The van der Waals surface area contributed by atoms with E-state index in [9.17, 15) is 4.79 Å². The summed E-state index contributed by atoms with van der Waals surface area (Å²) in [6, 6.07) is 0. The number of carbonyl (C=O) groups excluding carboxylic acids is 1. The molecule has 0 aromatic carbocycles. The van der Waals surface area contributed by atoms with Gasteiger partial charge in [0, 0.05) is 5.57 Å². The number of hydrogen-bond donors (Lipinski definition) is 0. The lowest BCUT2D eigenvalue weighted by Crippen LogP contribution is -2.31. The van der Waals surface area contributed by atoms with Crippen molar-refractivity contribution in [3.63, 3.8) is 0 Å². The highest BCUT2D eigenvalue weighted by atomic mass is 16.7. The zero-order chi connectivity index (χ0) is 12.9. The molecule has 0 aliphatic carbocycles. The minimum atomic E-state index is -0.693. The molecule has 5 heteroatoms. The standard InChI is InChI=1S/C12H20O5/c1-9(2)11(13)14-5-6-16-12(3,4)17-8-10-7-15-10/h10H,1,5-8H2,2-4H3. The largest absolute Gasteiger partial charge is 0.460 e. The van der Waals surface area contributed by atoms with Crippen LogP contribution >= 0.6 is 0 Å². The number of epoxide rings is 1. The van der Waals surface area contributed by atoms with Gasteiger partial charge in [-0.2, -0.15) is 0 Å². The molecule has 0 bridgehead atoms. The summed E-state index contributed by atoms with van der Waals surface area (Å²) in [6.45, 7) is 10.5. The summed E-state index contributed by atoms with van der Waals surface area (Å²) in [6.07, 6.45) is 0.208. The molecule has 1 atom stereocenters. The first-order valence-corrected chi connectivity index (χ1v) is 5.63. The van der Waals surface area contributed by atoms with Crippen LogP contribution in [0.5, 0.6) is 0 Å². The molecule has 17 heavy (non-hydrogen) atoms. The SMILES string of the molecule is C=C(C)C(=O)OCCOC(C)(C)OCC1CO1. The number of ether oxygens (including phenoxy) is 4. The predicted molar refractivity (Wildman–Crippen MR) is 61.5 cm³/mol. The summed E-state index contributed by atoms with van der Waals surface area (Å²) in [5.74, 6) is -1.10. The van der Waals surface area contributed by atoms with Crippen molar-refractivity contribution in [1.82, 2.24) is 0 Å². The molecule has 1 heterocycles. The van der Waals surface area contributed by atoms with Gasteiger partial charge in [-0.1, -0.05) is 6.58 Å². The molecule has 1 saturated heterocycles. The molecule has 0 aromatic rings. The lowest BCUT2D eigenvalue weighted by atomic mass is 10.3. The number of esters is 1. The Morgan fingerprint density at radius 1 is 1.41 bits per heavy atom. The van der Waals surface area contributed by atoms with Crippen molar-refractivity contribution in [1.29, 1.82) is 0 Å².